The smallest absolute Gasteiger partial charge is 0.125 e. The van der Waals surface area contributed by atoms with Crippen LogP contribution in [-0.2, 0) is 16.9 Å². The third kappa shape index (κ3) is 3.50. The third-order valence-electron chi connectivity index (χ3n) is 3.14. The molecule has 0 aromatic carbocycles. The molecule has 1 aromatic heterocycles. The van der Waals surface area contributed by atoms with E-state index < -0.39 is 0 Å². The second kappa shape index (κ2) is 5.94. The van der Waals surface area contributed by atoms with E-state index in [9.17, 15) is 0 Å². The van der Waals surface area contributed by atoms with Crippen LogP contribution in [-0.4, -0.2) is 18.1 Å². The predicted octanol–water partition coefficient (Wildman–Crippen LogP) is 3.22. The highest BCUT2D eigenvalue weighted by atomic mass is 32.1. The van der Waals surface area contributed by atoms with Crippen LogP contribution >= 0.6 is 11.3 Å². The van der Waals surface area contributed by atoms with E-state index in [0.717, 1.165) is 23.7 Å². The fourth-order valence-corrected chi connectivity index (χ4v) is 2.71. The standard InChI is InChI=1S/C13H24N2OS/c1-7-13(5,16-6)12-15-10(4)11(17-12)8-14-9(2)3/h9,14H,7-8H2,1-6H3. The first kappa shape index (κ1) is 14.6. The number of nitrogens with zero attached hydrogens (tertiary/aromatic N) is 1. The highest BCUT2D eigenvalue weighted by molar-refractivity contribution is 7.11. The molecule has 1 unspecified atom stereocenters. The average Bonchev–Trinajstić information content (AvgIpc) is 2.67. The zero-order valence-electron chi connectivity index (χ0n) is 11.8. The Morgan fingerprint density at radius 3 is 2.59 bits per heavy atom. The van der Waals surface area contributed by atoms with Crippen molar-refractivity contribution in [3.05, 3.63) is 15.6 Å². The van der Waals surface area contributed by atoms with Crippen LogP contribution in [0.2, 0.25) is 0 Å². The van der Waals surface area contributed by atoms with Gasteiger partial charge in [-0.05, 0) is 20.3 Å². The van der Waals surface area contributed by atoms with Crippen molar-refractivity contribution in [3.8, 4) is 0 Å². The summed E-state index contributed by atoms with van der Waals surface area (Å²) in [5, 5.41) is 4.52. The Labute approximate surface area is 109 Å². The Kier molecular flexibility index (Phi) is 5.10. The molecular formula is C13H24N2OS. The molecule has 0 amide bonds. The van der Waals surface area contributed by atoms with E-state index in [2.05, 4.69) is 44.9 Å². The molecule has 0 saturated heterocycles. The number of aryl methyl sites for hydroxylation is 1. The van der Waals surface area contributed by atoms with Gasteiger partial charge in [-0.1, -0.05) is 20.8 Å². The van der Waals surface area contributed by atoms with Gasteiger partial charge in [-0.2, -0.15) is 0 Å². The van der Waals surface area contributed by atoms with Gasteiger partial charge in [-0.3, -0.25) is 0 Å². The van der Waals surface area contributed by atoms with Gasteiger partial charge in [0.25, 0.3) is 0 Å². The molecule has 0 aliphatic rings. The molecule has 1 heterocycles. The summed E-state index contributed by atoms with van der Waals surface area (Å²) in [7, 11) is 1.76. The van der Waals surface area contributed by atoms with Crippen molar-refractivity contribution in [1.29, 1.82) is 0 Å². The molecule has 0 bridgehead atoms. The molecule has 4 heteroatoms. The van der Waals surface area contributed by atoms with E-state index in [1.165, 1.54) is 4.88 Å². The summed E-state index contributed by atoms with van der Waals surface area (Å²) >= 11 is 1.76. The Balaban J connectivity index is 2.87. The number of ether oxygens (including phenoxy) is 1. The van der Waals surface area contributed by atoms with Crippen molar-refractivity contribution < 1.29 is 4.74 Å². The first-order valence-corrected chi connectivity index (χ1v) is 7.00. The minimum atomic E-state index is -0.245. The lowest BCUT2D eigenvalue weighted by Crippen LogP contribution is -2.22. The minimum Gasteiger partial charge on any atom is -0.371 e. The van der Waals surface area contributed by atoms with Gasteiger partial charge in [0.1, 0.15) is 10.6 Å². The molecule has 3 nitrogen and oxygen atoms in total. The summed E-state index contributed by atoms with van der Waals surface area (Å²) in [5.41, 5.74) is 0.876. The molecule has 0 spiro atoms. The number of methoxy groups -OCH3 is 1. The lowest BCUT2D eigenvalue weighted by molar-refractivity contribution is -0.00163. The lowest BCUT2D eigenvalue weighted by Gasteiger charge is -2.23. The van der Waals surface area contributed by atoms with Gasteiger partial charge in [0.2, 0.25) is 0 Å². The number of hydrogen-bond acceptors (Lipinski definition) is 4. The molecular weight excluding hydrogens is 232 g/mol. The van der Waals surface area contributed by atoms with E-state index in [4.69, 9.17) is 4.74 Å². The highest BCUT2D eigenvalue weighted by Crippen LogP contribution is 2.33. The van der Waals surface area contributed by atoms with Gasteiger partial charge < -0.3 is 10.1 Å². The molecule has 1 aromatic rings. The number of rotatable bonds is 6. The average molecular weight is 256 g/mol. The number of thiazole rings is 1. The van der Waals surface area contributed by atoms with Gasteiger partial charge in [0, 0.05) is 24.6 Å². The van der Waals surface area contributed by atoms with Crippen LogP contribution in [0.25, 0.3) is 0 Å². The topological polar surface area (TPSA) is 34.1 Å². The lowest BCUT2D eigenvalue weighted by atomic mass is 10.1. The van der Waals surface area contributed by atoms with Crippen LogP contribution in [0.4, 0.5) is 0 Å². The van der Waals surface area contributed by atoms with E-state index in [0.29, 0.717) is 6.04 Å². The maximum atomic E-state index is 5.59. The second-order valence-electron chi connectivity index (χ2n) is 4.85. The summed E-state index contributed by atoms with van der Waals surface area (Å²) in [6.45, 7) is 11.5. The Bertz CT molecular complexity index is 356. The van der Waals surface area contributed by atoms with E-state index in [-0.39, 0.29) is 5.60 Å². The Hall–Kier alpha value is -0.450. The van der Waals surface area contributed by atoms with Crippen LogP contribution in [0.15, 0.2) is 0 Å². The van der Waals surface area contributed by atoms with Crippen molar-refractivity contribution in [1.82, 2.24) is 10.3 Å². The minimum absolute atomic E-state index is 0.245. The van der Waals surface area contributed by atoms with E-state index in [1.54, 1.807) is 18.4 Å². The quantitative estimate of drug-likeness (QED) is 0.848. The van der Waals surface area contributed by atoms with E-state index in [1.807, 2.05) is 0 Å². The number of nitrogens with one attached hydrogen (secondary N) is 1. The zero-order chi connectivity index (χ0) is 13.1. The van der Waals surface area contributed by atoms with Crippen LogP contribution in [0.5, 0.6) is 0 Å². The molecule has 1 atom stereocenters. The predicted molar refractivity (Wildman–Crippen MR) is 73.5 cm³/mol. The van der Waals surface area contributed by atoms with Crippen LogP contribution in [0.1, 0.15) is 49.7 Å². The highest BCUT2D eigenvalue weighted by Gasteiger charge is 2.28. The fraction of sp³-hybridized carbons (Fsp3) is 0.769. The fourth-order valence-electron chi connectivity index (χ4n) is 1.50. The third-order valence-corrected chi connectivity index (χ3v) is 4.54. The van der Waals surface area contributed by atoms with Gasteiger partial charge in [-0.25, -0.2) is 4.98 Å². The molecule has 98 valence electrons. The summed E-state index contributed by atoms with van der Waals surface area (Å²) in [6.07, 6.45) is 0.938. The largest absolute Gasteiger partial charge is 0.371 e. The Morgan fingerprint density at radius 2 is 2.12 bits per heavy atom. The second-order valence-corrected chi connectivity index (χ2v) is 5.94. The summed E-state index contributed by atoms with van der Waals surface area (Å²) in [5.74, 6) is 0. The molecule has 0 radical (unpaired) electrons. The summed E-state index contributed by atoms with van der Waals surface area (Å²) in [4.78, 5) is 5.97. The zero-order valence-corrected chi connectivity index (χ0v) is 12.6. The van der Waals surface area contributed by atoms with Crippen molar-refractivity contribution in [2.24, 2.45) is 0 Å². The van der Waals surface area contributed by atoms with Crippen molar-refractivity contribution in [2.45, 2.75) is 59.2 Å². The van der Waals surface area contributed by atoms with Gasteiger partial charge in [-0.15, -0.1) is 11.3 Å². The molecule has 17 heavy (non-hydrogen) atoms. The Morgan fingerprint density at radius 1 is 1.47 bits per heavy atom. The molecule has 0 aliphatic heterocycles. The van der Waals surface area contributed by atoms with Gasteiger partial charge >= 0.3 is 0 Å². The van der Waals surface area contributed by atoms with Gasteiger partial charge in [0.05, 0.1) is 5.69 Å². The summed E-state index contributed by atoms with van der Waals surface area (Å²) < 4.78 is 5.59. The first-order valence-electron chi connectivity index (χ1n) is 6.18. The number of aromatic nitrogens is 1. The molecule has 0 fully saturated rings. The van der Waals surface area contributed by atoms with Crippen molar-refractivity contribution >= 4 is 11.3 Å². The summed E-state index contributed by atoms with van der Waals surface area (Å²) in [6, 6.07) is 0.500. The van der Waals surface area contributed by atoms with Crippen LogP contribution in [0, 0.1) is 6.92 Å². The normalized spacial score (nSPS) is 15.2. The molecule has 0 saturated carbocycles. The van der Waals surface area contributed by atoms with Gasteiger partial charge in [0.15, 0.2) is 0 Å². The monoisotopic (exact) mass is 256 g/mol. The number of hydrogen-bond donors (Lipinski definition) is 1. The maximum Gasteiger partial charge on any atom is 0.125 e. The van der Waals surface area contributed by atoms with Crippen molar-refractivity contribution in [2.75, 3.05) is 7.11 Å². The van der Waals surface area contributed by atoms with E-state index >= 15 is 0 Å². The van der Waals surface area contributed by atoms with Crippen LogP contribution < -0.4 is 5.32 Å². The molecule has 1 N–H and O–H groups in total. The maximum absolute atomic E-state index is 5.59. The first-order chi connectivity index (χ1) is 7.92. The molecule has 0 aliphatic carbocycles. The van der Waals surface area contributed by atoms with Crippen molar-refractivity contribution in [3.63, 3.8) is 0 Å². The SMILES string of the molecule is CCC(C)(OC)c1nc(C)c(CNC(C)C)s1. The van der Waals surface area contributed by atoms with Crippen LogP contribution in [0.3, 0.4) is 0 Å². The molecule has 1 rings (SSSR count).